The average molecular weight is 498 g/mol. The van der Waals surface area contributed by atoms with Gasteiger partial charge in [-0.3, -0.25) is 9.79 Å². The van der Waals surface area contributed by atoms with Gasteiger partial charge in [-0.2, -0.15) is 0 Å². The third kappa shape index (κ3) is 4.62. The van der Waals surface area contributed by atoms with E-state index in [0.717, 1.165) is 64.7 Å². The molecule has 3 heterocycles. The van der Waals surface area contributed by atoms with Crippen LogP contribution in [0.2, 0.25) is 0 Å². The molecule has 1 amide bonds. The summed E-state index contributed by atoms with van der Waals surface area (Å²) in [6.45, 7) is 6.12. The van der Waals surface area contributed by atoms with Crippen LogP contribution in [0.3, 0.4) is 0 Å². The standard InChI is InChI=1S/C21H30N4O2.HI/c1-22-20(24-11-8-21(15-24)9-12-27-16-21)23-10-4-7-19(26)25-13-17-5-2-3-6-18(17)14-25;/h2-3,5-6H,4,7-16H2,1H3,(H,22,23);1H. The van der Waals surface area contributed by atoms with Crippen LogP contribution in [0.4, 0.5) is 0 Å². The third-order valence-corrected chi connectivity index (χ3v) is 6.18. The van der Waals surface area contributed by atoms with E-state index in [4.69, 9.17) is 4.74 Å². The molecule has 3 aliphatic rings. The maximum Gasteiger partial charge on any atom is 0.223 e. The number of hydrogen-bond donors (Lipinski definition) is 1. The Balaban J connectivity index is 0.00000225. The fraction of sp³-hybridized carbons (Fsp3) is 0.619. The van der Waals surface area contributed by atoms with Crippen molar-refractivity contribution in [3.63, 3.8) is 0 Å². The van der Waals surface area contributed by atoms with Crippen LogP contribution in [0.15, 0.2) is 29.3 Å². The van der Waals surface area contributed by atoms with E-state index in [-0.39, 0.29) is 29.9 Å². The van der Waals surface area contributed by atoms with E-state index in [0.29, 0.717) is 11.8 Å². The van der Waals surface area contributed by atoms with Crippen LogP contribution in [0.25, 0.3) is 0 Å². The first-order valence-corrected chi connectivity index (χ1v) is 10.1. The number of ether oxygens (including phenoxy) is 1. The largest absolute Gasteiger partial charge is 0.381 e. The first-order valence-electron chi connectivity index (χ1n) is 10.1. The van der Waals surface area contributed by atoms with Crippen molar-refractivity contribution in [1.82, 2.24) is 15.1 Å². The van der Waals surface area contributed by atoms with Crippen molar-refractivity contribution in [2.75, 3.05) is 39.9 Å². The summed E-state index contributed by atoms with van der Waals surface area (Å²) in [5.41, 5.74) is 2.89. The molecule has 7 heteroatoms. The van der Waals surface area contributed by atoms with Gasteiger partial charge in [-0.15, -0.1) is 24.0 Å². The molecule has 3 aliphatic heterocycles. The number of rotatable bonds is 4. The first kappa shape index (κ1) is 21.4. The zero-order chi connectivity index (χ0) is 18.7. The molecule has 2 fully saturated rings. The Morgan fingerprint density at radius 3 is 2.61 bits per heavy atom. The zero-order valence-corrected chi connectivity index (χ0v) is 19.0. The van der Waals surface area contributed by atoms with Gasteiger partial charge in [0.05, 0.1) is 6.61 Å². The number of amides is 1. The predicted octanol–water partition coefficient (Wildman–Crippen LogP) is 2.61. The molecule has 28 heavy (non-hydrogen) atoms. The molecule has 6 nitrogen and oxygen atoms in total. The molecule has 1 unspecified atom stereocenters. The van der Waals surface area contributed by atoms with Crippen LogP contribution in [-0.4, -0.2) is 61.6 Å². The molecule has 1 aromatic carbocycles. The molecular formula is C21H31IN4O2. The SMILES string of the molecule is CN=C(NCCCC(=O)N1Cc2ccccc2C1)N1CCC2(CCOC2)C1.I. The lowest BCUT2D eigenvalue weighted by Crippen LogP contribution is -2.42. The fourth-order valence-electron chi connectivity index (χ4n) is 4.53. The minimum Gasteiger partial charge on any atom is -0.381 e. The van der Waals surface area contributed by atoms with Crippen LogP contribution in [0.1, 0.15) is 36.8 Å². The summed E-state index contributed by atoms with van der Waals surface area (Å²) < 4.78 is 5.61. The number of aliphatic imine (C=N–C) groups is 1. The number of nitrogens with one attached hydrogen (secondary N) is 1. The van der Waals surface area contributed by atoms with Gasteiger partial charge in [0.2, 0.25) is 5.91 Å². The lowest BCUT2D eigenvalue weighted by molar-refractivity contribution is -0.131. The van der Waals surface area contributed by atoms with E-state index in [1.54, 1.807) is 0 Å². The van der Waals surface area contributed by atoms with Crippen molar-refractivity contribution in [2.45, 2.75) is 38.8 Å². The summed E-state index contributed by atoms with van der Waals surface area (Å²) in [4.78, 5) is 21.2. The number of fused-ring (bicyclic) bond motifs is 1. The van der Waals surface area contributed by atoms with E-state index in [2.05, 4.69) is 27.3 Å². The Morgan fingerprint density at radius 2 is 1.96 bits per heavy atom. The van der Waals surface area contributed by atoms with E-state index in [9.17, 15) is 4.79 Å². The quantitative estimate of drug-likeness (QED) is 0.300. The third-order valence-electron chi connectivity index (χ3n) is 6.18. The van der Waals surface area contributed by atoms with Gasteiger partial charge in [-0.25, -0.2) is 0 Å². The summed E-state index contributed by atoms with van der Waals surface area (Å²) in [6.07, 6.45) is 3.75. The minimum absolute atomic E-state index is 0. The monoisotopic (exact) mass is 498 g/mol. The van der Waals surface area contributed by atoms with Crippen LogP contribution in [0.5, 0.6) is 0 Å². The van der Waals surface area contributed by atoms with Crippen molar-refractivity contribution >= 4 is 35.8 Å². The molecule has 1 spiro atoms. The topological polar surface area (TPSA) is 57.2 Å². The molecule has 0 aromatic heterocycles. The van der Waals surface area contributed by atoms with Gasteiger partial charge in [0, 0.05) is 58.2 Å². The maximum atomic E-state index is 12.5. The van der Waals surface area contributed by atoms with Crippen molar-refractivity contribution in [1.29, 1.82) is 0 Å². The predicted molar refractivity (Wildman–Crippen MR) is 121 cm³/mol. The summed E-state index contributed by atoms with van der Waals surface area (Å²) in [7, 11) is 1.84. The zero-order valence-electron chi connectivity index (χ0n) is 16.7. The molecule has 0 aliphatic carbocycles. The fourth-order valence-corrected chi connectivity index (χ4v) is 4.53. The number of likely N-dealkylation sites (tertiary alicyclic amines) is 1. The van der Waals surface area contributed by atoms with E-state index >= 15 is 0 Å². The van der Waals surface area contributed by atoms with Gasteiger partial charge in [0.15, 0.2) is 5.96 Å². The average Bonchev–Trinajstić information content (AvgIpc) is 3.42. The molecule has 0 saturated carbocycles. The maximum absolute atomic E-state index is 12.5. The van der Waals surface area contributed by atoms with Gasteiger partial charge in [0.1, 0.15) is 0 Å². The van der Waals surface area contributed by atoms with Gasteiger partial charge < -0.3 is 19.9 Å². The van der Waals surface area contributed by atoms with Gasteiger partial charge in [-0.05, 0) is 30.4 Å². The smallest absolute Gasteiger partial charge is 0.223 e. The highest BCUT2D eigenvalue weighted by Gasteiger charge is 2.42. The molecule has 1 N–H and O–H groups in total. The van der Waals surface area contributed by atoms with Crippen LogP contribution >= 0.6 is 24.0 Å². The second-order valence-corrected chi connectivity index (χ2v) is 8.07. The van der Waals surface area contributed by atoms with Crippen LogP contribution in [0, 0.1) is 5.41 Å². The Bertz CT molecular complexity index is 693. The molecule has 154 valence electrons. The van der Waals surface area contributed by atoms with E-state index in [1.165, 1.54) is 17.5 Å². The normalized spacial score (nSPS) is 23.8. The second-order valence-electron chi connectivity index (χ2n) is 8.07. The number of hydrogen-bond acceptors (Lipinski definition) is 3. The Morgan fingerprint density at radius 1 is 1.21 bits per heavy atom. The summed E-state index contributed by atoms with van der Waals surface area (Å²) in [6, 6.07) is 8.32. The minimum atomic E-state index is 0. The lowest BCUT2D eigenvalue weighted by atomic mass is 9.87. The Kier molecular flexibility index (Phi) is 7.20. The van der Waals surface area contributed by atoms with Crippen LogP contribution < -0.4 is 5.32 Å². The Labute approximate surface area is 184 Å². The highest BCUT2D eigenvalue weighted by molar-refractivity contribution is 14.0. The number of benzene rings is 1. The Hall–Kier alpha value is -1.35. The highest BCUT2D eigenvalue weighted by atomic mass is 127. The highest BCUT2D eigenvalue weighted by Crippen LogP contribution is 2.38. The molecule has 1 aromatic rings. The summed E-state index contributed by atoms with van der Waals surface area (Å²) >= 11 is 0. The van der Waals surface area contributed by atoms with Crippen molar-refractivity contribution in [2.24, 2.45) is 10.4 Å². The van der Waals surface area contributed by atoms with Crippen molar-refractivity contribution in [3.05, 3.63) is 35.4 Å². The number of guanidine groups is 1. The summed E-state index contributed by atoms with van der Waals surface area (Å²) in [5, 5.41) is 3.45. The van der Waals surface area contributed by atoms with Gasteiger partial charge in [0.25, 0.3) is 0 Å². The second kappa shape index (κ2) is 9.43. The lowest BCUT2D eigenvalue weighted by Gasteiger charge is -2.25. The molecule has 1 atom stereocenters. The molecule has 0 radical (unpaired) electrons. The first-order chi connectivity index (χ1) is 13.2. The molecule has 0 bridgehead atoms. The van der Waals surface area contributed by atoms with E-state index in [1.807, 2.05) is 24.1 Å². The van der Waals surface area contributed by atoms with Gasteiger partial charge in [-0.1, -0.05) is 24.3 Å². The molecular weight excluding hydrogens is 467 g/mol. The molecule has 4 rings (SSSR count). The van der Waals surface area contributed by atoms with Gasteiger partial charge >= 0.3 is 0 Å². The van der Waals surface area contributed by atoms with Crippen molar-refractivity contribution < 1.29 is 9.53 Å². The molecule has 2 saturated heterocycles. The van der Waals surface area contributed by atoms with Crippen molar-refractivity contribution in [3.8, 4) is 0 Å². The number of nitrogens with zero attached hydrogens (tertiary/aromatic N) is 3. The number of carbonyl (C=O) groups excluding carboxylic acids is 1. The van der Waals surface area contributed by atoms with E-state index < -0.39 is 0 Å². The summed E-state index contributed by atoms with van der Waals surface area (Å²) in [5.74, 6) is 1.20. The van der Waals surface area contributed by atoms with Crippen LogP contribution in [-0.2, 0) is 22.6 Å². The number of halogens is 1. The number of carbonyl (C=O) groups is 1.